The van der Waals surface area contributed by atoms with Crippen LogP contribution in [0.3, 0.4) is 0 Å². The molecule has 0 aromatic carbocycles. The van der Waals surface area contributed by atoms with Crippen LogP contribution in [0.15, 0.2) is 4.52 Å². The highest BCUT2D eigenvalue weighted by Gasteiger charge is 2.28. The minimum Gasteiger partial charge on any atom is -0.339 e. The number of nitrogens with one attached hydrogen (secondary N) is 1. The molecule has 0 radical (unpaired) electrons. The lowest BCUT2D eigenvalue weighted by Crippen LogP contribution is -2.44. The van der Waals surface area contributed by atoms with Gasteiger partial charge in [-0.25, -0.2) is 0 Å². The topological polar surface area (TPSA) is 51.0 Å². The Morgan fingerprint density at radius 2 is 2.33 bits per heavy atom. The SMILES string of the molecule is Cc1noc(C(C)C2CNC2)n1. The lowest BCUT2D eigenvalue weighted by Gasteiger charge is -2.30. The minimum absolute atomic E-state index is 0.396. The average Bonchev–Trinajstić information content (AvgIpc) is 2.31. The average molecular weight is 167 g/mol. The Morgan fingerprint density at radius 1 is 1.58 bits per heavy atom. The maximum Gasteiger partial charge on any atom is 0.229 e. The number of nitrogens with zero attached hydrogens (tertiary/aromatic N) is 2. The van der Waals surface area contributed by atoms with Crippen molar-refractivity contribution >= 4 is 0 Å². The van der Waals surface area contributed by atoms with Crippen molar-refractivity contribution in [1.82, 2.24) is 15.5 Å². The van der Waals surface area contributed by atoms with E-state index in [1.165, 1.54) is 0 Å². The zero-order valence-electron chi connectivity index (χ0n) is 7.37. The van der Waals surface area contributed by atoms with Gasteiger partial charge in [-0.15, -0.1) is 0 Å². The highest BCUT2D eigenvalue weighted by Crippen LogP contribution is 2.25. The van der Waals surface area contributed by atoms with Crippen LogP contribution in [-0.2, 0) is 0 Å². The summed E-state index contributed by atoms with van der Waals surface area (Å²) in [6, 6.07) is 0. The van der Waals surface area contributed by atoms with Crippen molar-refractivity contribution in [3.63, 3.8) is 0 Å². The van der Waals surface area contributed by atoms with E-state index in [0.717, 1.165) is 24.8 Å². The van der Waals surface area contributed by atoms with E-state index in [2.05, 4.69) is 22.4 Å². The van der Waals surface area contributed by atoms with Crippen molar-refractivity contribution in [2.75, 3.05) is 13.1 Å². The summed E-state index contributed by atoms with van der Waals surface area (Å²) in [7, 11) is 0. The van der Waals surface area contributed by atoms with Gasteiger partial charge in [0, 0.05) is 5.92 Å². The quantitative estimate of drug-likeness (QED) is 0.704. The number of aromatic nitrogens is 2. The van der Waals surface area contributed by atoms with E-state index >= 15 is 0 Å². The van der Waals surface area contributed by atoms with Gasteiger partial charge in [0.25, 0.3) is 0 Å². The first-order chi connectivity index (χ1) is 5.77. The van der Waals surface area contributed by atoms with Crippen molar-refractivity contribution in [2.45, 2.75) is 19.8 Å². The van der Waals surface area contributed by atoms with Gasteiger partial charge in [-0.05, 0) is 25.9 Å². The monoisotopic (exact) mass is 167 g/mol. The predicted molar refractivity (Wildman–Crippen MR) is 43.8 cm³/mol. The van der Waals surface area contributed by atoms with Gasteiger partial charge in [-0.1, -0.05) is 12.1 Å². The van der Waals surface area contributed by atoms with Crippen molar-refractivity contribution in [2.24, 2.45) is 5.92 Å². The largest absolute Gasteiger partial charge is 0.339 e. The second-order valence-electron chi connectivity index (χ2n) is 3.39. The molecule has 4 nitrogen and oxygen atoms in total. The standard InChI is InChI=1S/C8H13N3O/c1-5(7-3-9-4-7)8-10-6(2)11-12-8/h5,7,9H,3-4H2,1-2H3. The molecule has 1 aromatic rings. The summed E-state index contributed by atoms with van der Waals surface area (Å²) < 4.78 is 5.09. The highest BCUT2D eigenvalue weighted by atomic mass is 16.5. The molecule has 1 aromatic heterocycles. The first-order valence-corrected chi connectivity index (χ1v) is 4.28. The highest BCUT2D eigenvalue weighted by molar-refractivity contribution is 4.97. The molecule has 0 bridgehead atoms. The normalized spacial score (nSPS) is 20.5. The van der Waals surface area contributed by atoms with Gasteiger partial charge in [0.05, 0.1) is 0 Å². The van der Waals surface area contributed by atoms with E-state index in [0.29, 0.717) is 11.8 Å². The van der Waals surface area contributed by atoms with Gasteiger partial charge >= 0.3 is 0 Å². The summed E-state index contributed by atoms with van der Waals surface area (Å²) in [6.45, 7) is 6.13. The number of rotatable bonds is 2. The third kappa shape index (κ3) is 1.22. The van der Waals surface area contributed by atoms with Crippen LogP contribution in [0.2, 0.25) is 0 Å². The zero-order valence-corrected chi connectivity index (χ0v) is 7.37. The third-order valence-corrected chi connectivity index (χ3v) is 2.45. The molecule has 1 unspecified atom stereocenters. The van der Waals surface area contributed by atoms with E-state index in [1.54, 1.807) is 0 Å². The van der Waals surface area contributed by atoms with Gasteiger partial charge in [0.2, 0.25) is 5.89 Å². The Kier molecular flexibility index (Phi) is 1.84. The van der Waals surface area contributed by atoms with Crippen molar-refractivity contribution in [3.8, 4) is 0 Å². The van der Waals surface area contributed by atoms with Crippen LogP contribution >= 0.6 is 0 Å². The lowest BCUT2D eigenvalue weighted by molar-refractivity contribution is 0.252. The summed E-state index contributed by atoms with van der Waals surface area (Å²) in [5.74, 6) is 2.57. The molecule has 1 N–H and O–H groups in total. The van der Waals surface area contributed by atoms with Crippen LogP contribution in [0.5, 0.6) is 0 Å². The maximum atomic E-state index is 5.09. The molecule has 0 spiro atoms. The van der Waals surface area contributed by atoms with Crippen molar-refractivity contribution in [3.05, 3.63) is 11.7 Å². The summed E-state index contributed by atoms with van der Waals surface area (Å²) in [4.78, 5) is 4.21. The molecule has 1 aliphatic heterocycles. The molecule has 1 aliphatic rings. The zero-order chi connectivity index (χ0) is 8.55. The molecule has 66 valence electrons. The van der Waals surface area contributed by atoms with E-state index in [4.69, 9.17) is 4.52 Å². The van der Waals surface area contributed by atoms with Crippen molar-refractivity contribution in [1.29, 1.82) is 0 Å². The Bertz CT molecular complexity index is 267. The maximum absolute atomic E-state index is 5.09. The van der Waals surface area contributed by atoms with Gasteiger partial charge in [-0.3, -0.25) is 0 Å². The lowest BCUT2D eigenvalue weighted by atomic mass is 9.89. The molecule has 12 heavy (non-hydrogen) atoms. The van der Waals surface area contributed by atoms with E-state index < -0.39 is 0 Å². The van der Waals surface area contributed by atoms with E-state index in [-0.39, 0.29) is 0 Å². The molecule has 2 heterocycles. The molecule has 0 saturated carbocycles. The van der Waals surface area contributed by atoms with E-state index in [9.17, 15) is 0 Å². The smallest absolute Gasteiger partial charge is 0.229 e. The van der Waals surface area contributed by atoms with E-state index in [1.807, 2.05) is 6.92 Å². The Hall–Kier alpha value is -0.900. The van der Waals surface area contributed by atoms with Gasteiger partial charge in [0.1, 0.15) is 0 Å². The summed E-state index contributed by atoms with van der Waals surface area (Å²) in [6.07, 6.45) is 0. The summed E-state index contributed by atoms with van der Waals surface area (Å²) in [5.41, 5.74) is 0. The van der Waals surface area contributed by atoms with Gasteiger partial charge in [0.15, 0.2) is 5.82 Å². The van der Waals surface area contributed by atoms with Crippen LogP contribution < -0.4 is 5.32 Å². The van der Waals surface area contributed by atoms with Crippen LogP contribution in [0, 0.1) is 12.8 Å². The van der Waals surface area contributed by atoms with Crippen LogP contribution in [0.4, 0.5) is 0 Å². The van der Waals surface area contributed by atoms with Crippen LogP contribution in [0.1, 0.15) is 24.6 Å². The van der Waals surface area contributed by atoms with Crippen LogP contribution in [-0.4, -0.2) is 23.2 Å². The van der Waals surface area contributed by atoms with Crippen LogP contribution in [0.25, 0.3) is 0 Å². The molecule has 1 saturated heterocycles. The first-order valence-electron chi connectivity index (χ1n) is 4.28. The van der Waals surface area contributed by atoms with Crippen molar-refractivity contribution < 1.29 is 4.52 Å². The predicted octanol–water partition coefficient (Wildman–Crippen LogP) is 0.701. The Labute approximate surface area is 71.4 Å². The Balaban J connectivity index is 2.08. The molecule has 4 heteroatoms. The fourth-order valence-corrected chi connectivity index (χ4v) is 1.36. The number of hydrogen-bond acceptors (Lipinski definition) is 4. The van der Waals surface area contributed by atoms with Gasteiger partial charge in [-0.2, -0.15) is 4.98 Å². The number of hydrogen-bond donors (Lipinski definition) is 1. The summed E-state index contributed by atoms with van der Waals surface area (Å²) >= 11 is 0. The second kappa shape index (κ2) is 2.86. The third-order valence-electron chi connectivity index (χ3n) is 2.45. The molecule has 0 aliphatic carbocycles. The fourth-order valence-electron chi connectivity index (χ4n) is 1.36. The minimum atomic E-state index is 0.396. The summed E-state index contributed by atoms with van der Waals surface area (Å²) in [5, 5.41) is 7.00. The van der Waals surface area contributed by atoms with Gasteiger partial charge < -0.3 is 9.84 Å². The molecule has 2 rings (SSSR count). The molecular weight excluding hydrogens is 154 g/mol. The number of aryl methyl sites for hydroxylation is 1. The first kappa shape index (κ1) is 7.73. The fraction of sp³-hybridized carbons (Fsp3) is 0.750. The molecular formula is C8H13N3O. The molecule has 1 atom stereocenters. The second-order valence-corrected chi connectivity index (χ2v) is 3.39. The molecule has 0 amide bonds. The Morgan fingerprint density at radius 3 is 2.75 bits per heavy atom. The molecule has 1 fully saturated rings.